The van der Waals surface area contributed by atoms with Crippen LogP contribution in [0.5, 0.6) is 5.75 Å². The summed E-state index contributed by atoms with van der Waals surface area (Å²) in [6.45, 7) is 5.41. The Morgan fingerprint density at radius 1 is 1.31 bits per heavy atom. The Balaban J connectivity index is 0.00000338. The van der Waals surface area contributed by atoms with Crippen LogP contribution in [0, 0.1) is 0 Å². The lowest BCUT2D eigenvalue weighted by molar-refractivity contribution is -0.132. The molecule has 0 atom stereocenters. The van der Waals surface area contributed by atoms with Gasteiger partial charge < -0.3 is 20.7 Å². The zero-order valence-corrected chi connectivity index (χ0v) is 16.4. The van der Waals surface area contributed by atoms with Crippen molar-refractivity contribution in [2.24, 2.45) is 5.73 Å². The minimum absolute atomic E-state index is 0. The van der Waals surface area contributed by atoms with Crippen LogP contribution in [0.25, 0.3) is 0 Å². The number of carbonyl (C=O) groups excluding carboxylic acids is 2. The first-order valence-electron chi connectivity index (χ1n) is 8.03. The number of aromatic nitrogens is 1. The topological polar surface area (TPSA) is 97.5 Å². The molecule has 0 spiro atoms. The van der Waals surface area contributed by atoms with E-state index in [2.05, 4.69) is 10.3 Å². The summed E-state index contributed by atoms with van der Waals surface area (Å²) in [5.41, 5.74) is 6.40. The third-order valence-corrected chi connectivity index (χ3v) is 4.40. The van der Waals surface area contributed by atoms with Crippen LogP contribution in [0.15, 0.2) is 29.6 Å². The van der Waals surface area contributed by atoms with E-state index in [1.807, 2.05) is 13.8 Å². The SMILES string of the molecule is CCN(CC)C(=O)COc1cccc(NC(=O)c2csc(CN)n2)c1.Cl. The number of nitrogens with two attached hydrogens (primary N) is 1. The Morgan fingerprint density at radius 2 is 2.04 bits per heavy atom. The van der Waals surface area contributed by atoms with Crippen molar-refractivity contribution in [1.82, 2.24) is 9.88 Å². The molecule has 0 saturated carbocycles. The molecule has 142 valence electrons. The molecule has 1 heterocycles. The fraction of sp³-hybridized carbons (Fsp3) is 0.353. The lowest BCUT2D eigenvalue weighted by atomic mass is 10.3. The maximum Gasteiger partial charge on any atom is 0.275 e. The molecule has 2 aromatic rings. The Morgan fingerprint density at radius 3 is 2.65 bits per heavy atom. The third kappa shape index (κ3) is 5.98. The van der Waals surface area contributed by atoms with Crippen molar-refractivity contribution in [2.45, 2.75) is 20.4 Å². The highest BCUT2D eigenvalue weighted by Gasteiger charge is 2.12. The molecule has 26 heavy (non-hydrogen) atoms. The van der Waals surface area contributed by atoms with Gasteiger partial charge in [-0.05, 0) is 26.0 Å². The molecule has 0 fully saturated rings. The number of benzene rings is 1. The van der Waals surface area contributed by atoms with Crippen molar-refractivity contribution >= 4 is 41.2 Å². The molecule has 3 N–H and O–H groups in total. The summed E-state index contributed by atoms with van der Waals surface area (Å²) in [6, 6.07) is 6.90. The normalized spacial score (nSPS) is 9.96. The number of likely N-dealkylation sites (N-methyl/N-ethyl adjacent to an activating group) is 1. The summed E-state index contributed by atoms with van der Waals surface area (Å²) >= 11 is 1.35. The van der Waals surface area contributed by atoms with E-state index in [1.165, 1.54) is 11.3 Å². The number of hydrogen-bond acceptors (Lipinski definition) is 6. The Bertz CT molecular complexity index is 734. The number of amides is 2. The average molecular weight is 399 g/mol. The molecule has 0 saturated heterocycles. The second kappa shape index (κ2) is 10.7. The first kappa shape index (κ1) is 21.9. The lowest BCUT2D eigenvalue weighted by Crippen LogP contribution is -2.34. The fourth-order valence-corrected chi connectivity index (χ4v) is 2.84. The first-order chi connectivity index (χ1) is 12.1. The number of carbonyl (C=O) groups is 2. The monoisotopic (exact) mass is 398 g/mol. The molecule has 0 aliphatic rings. The van der Waals surface area contributed by atoms with E-state index >= 15 is 0 Å². The molecular formula is C17H23ClN4O3S. The highest BCUT2D eigenvalue weighted by Crippen LogP contribution is 2.19. The van der Waals surface area contributed by atoms with Crippen molar-refractivity contribution in [1.29, 1.82) is 0 Å². The quantitative estimate of drug-likeness (QED) is 0.712. The highest BCUT2D eigenvalue weighted by atomic mass is 35.5. The zero-order valence-electron chi connectivity index (χ0n) is 14.7. The number of rotatable bonds is 8. The molecule has 1 aromatic carbocycles. The summed E-state index contributed by atoms with van der Waals surface area (Å²) in [5.74, 6) is 0.128. The van der Waals surface area contributed by atoms with Gasteiger partial charge in [-0.15, -0.1) is 23.7 Å². The van der Waals surface area contributed by atoms with Crippen LogP contribution in [0.3, 0.4) is 0 Å². The van der Waals surface area contributed by atoms with E-state index in [9.17, 15) is 9.59 Å². The van der Waals surface area contributed by atoms with Gasteiger partial charge in [0, 0.05) is 36.8 Å². The van der Waals surface area contributed by atoms with Crippen molar-refractivity contribution in [3.8, 4) is 5.75 Å². The molecule has 0 bridgehead atoms. The predicted molar refractivity (Wildman–Crippen MR) is 105 cm³/mol. The minimum atomic E-state index is -0.313. The van der Waals surface area contributed by atoms with Gasteiger partial charge >= 0.3 is 0 Å². The summed E-state index contributed by atoms with van der Waals surface area (Å²) in [7, 11) is 0. The molecule has 0 unspecified atom stereocenters. The van der Waals surface area contributed by atoms with E-state index in [4.69, 9.17) is 10.5 Å². The zero-order chi connectivity index (χ0) is 18.2. The molecule has 2 rings (SSSR count). The van der Waals surface area contributed by atoms with E-state index in [-0.39, 0.29) is 30.8 Å². The molecule has 9 heteroatoms. The number of anilines is 1. The number of ether oxygens (including phenoxy) is 1. The van der Waals surface area contributed by atoms with Gasteiger partial charge in [-0.2, -0.15) is 0 Å². The van der Waals surface area contributed by atoms with Crippen LogP contribution < -0.4 is 15.8 Å². The van der Waals surface area contributed by atoms with Crippen LogP contribution in [-0.4, -0.2) is 41.4 Å². The van der Waals surface area contributed by atoms with Crippen LogP contribution in [0.1, 0.15) is 29.3 Å². The standard InChI is InChI=1S/C17H22N4O3S.ClH/c1-3-21(4-2)16(22)10-24-13-7-5-6-12(8-13)19-17(23)14-11-25-15(9-18)20-14;/h5-8,11H,3-4,9-10,18H2,1-2H3,(H,19,23);1H. The number of nitrogens with zero attached hydrogens (tertiary/aromatic N) is 2. The third-order valence-electron chi connectivity index (χ3n) is 3.53. The molecule has 2 amide bonds. The highest BCUT2D eigenvalue weighted by molar-refractivity contribution is 7.09. The van der Waals surface area contributed by atoms with Gasteiger partial charge in [0.15, 0.2) is 6.61 Å². The maximum absolute atomic E-state index is 12.2. The van der Waals surface area contributed by atoms with Crippen molar-refractivity contribution in [2.75, 3.05) is 25.0 Å². The van der Waals surface area contributed by atoms with Crippen molar-refractivity contribution in [3.63, 3.8) is 0 Å². The lowest BCUT2D eigenvalue weighted by Gasteiger charge is -2.18. The Labute approximate surface area is 163 Å². The summed E-state index contributed by atoms with van der Waals surface area (Å²) in [5, 5.41) is 5.13. The van der Waals surface area contributed by atoms with Crippen LogP contribution in [0.4, 0.5) is 5.69 Å². The van der Waals surface area contributed by atoms with Gasteiger partial charge in [0.2, 0.25) is 0 Å². The van der Waals surface area contributed by atoms with Gasteiger partial charge in [-0.1, -0.05) is 6.07 Å². The predicted octanol–water partition coefficient (Wildman–Crippen LogP) is 2.52. The number of hydrogen-bond donors (Lipinski definition) is 2. The smallest absolute Gasteiger partial charge is 0.275 e. The number of halogens is 1. The number of thiazole rings is 1. The second-order valence-electron chi connectivity index (χ2n) is 5.17. The van der Waals surface area contributed by atoms with E-state index < -0.39 is 0 Å². The van der Waals surface area contributed by atoms with Gasteiger partial charge in [0.25, 0.3) is 11.8 Å². The summed E-state index contributed by atoms with van der Waals surface area (Å²) in [6.07, 6.45) is 0. The van der Waals surface area contributed by atoms with Crippen molar-refractivity contribution < 1.29 is 14.3 Å². The second-order valence-corrected chi connectivity index (χ2v) is 6.11. The molecule has 1 aromatic heterocycles. The van der Waals surface area contributed by atoms with E-state index in [0.717, 1.165) is 0 Å². The van der Waals surface area contributed by atoms with Gasteiger partial charge in [0.05, 0.1) is 0 Å². The largest absolute Gasteiger partial charge is 0.484 e. The summed E-state index contributed by atoms with van der Waals surface area (Å²) < 4.78 is 5.53. The first-order valence-corrected chi connectivity index (χ1v) is 8.91. The van der Waals surface area contributed by atoms with E-state index in [0.29, 0.717) is 41.8 Å². The Hall–Kier alpha value is -2.16. The van der Waals surface area contributed by atoms with Gasteiger partial charge in [0.1, 0.15) is 16.5 Å². The maximum atomic E-state index is 12.2. The van der Waals surface area contributed by atoms with Crippen LogP contribution in [0.2, 0.25) is 0 Å². The van der Waals surface area contributed by atoms with Gasteiger partial charge in [-0.3, -0.25) is 9.59 Å². The van der Waals surface area contributed by atoms with E-state index in [1.54, 1.807) is 34.5 Å². The average Bonchev–Trinajstić information content (AvgIpc) is 3.11. The van der Waals surface area contributed by atoms with Gasteiger partial charge in [-0.25, -0.2) is 4.98 Å². The van der Waals surface area contributed by atoms with Crippen LogP contribution in [-0.2, 0) is 11.3 Å². The fourth-order valence-electron chi connectivity index (χ4n) is 2.18. The molecular weight excluding hydrogens is 376 g/mol. The molecule has 0 aliphatic heterocycles. The molecule has 7 nitrogen and oxygen atoms in total. The molecule has 0 aliphatic carbocycles. The minimum Gasteiger partial charge on any atom is -0.484 e. The molecule has 0 radical (unpaired) electrons. The summed E-state index contributed by atoms with van der Waals surface area (Å²) in [4.78, 5) is 30.0. The van der Waals surface area contributed by atoms with Crippen LogP contribution >= 0.6 is 23.7 Å². The Kier molecular flexibility index (Phi) is 9.04. The van der Waals surface area contributed by atoms with Crippen molar-refractivity contribution in [3.05, 3.63) is 40.3 Å². The number of nitrogens with one attached hydrogen (secondary N) is 1.